The van der Waals surface area contributed by atoms with Crippen molar-refractivity contribution in [3.63, 3.8) is 0 Å². The molecule has 0 amide bonds. The number of anilines is 1. The zero-order valence-electron chi connectivity index (χ0n) is 6.87. The Hall–Kier alpha value is -1.07. The lowest BCUT2D eigenvalue weighted by molar-refractivity contribution is 0.590. The Bertz CT molecular complexity index is 471. The van der Waals surface area contributed by atoms with Crippen LogP contribution in [0.5, 0.6) is 0 Å². The van der Waals surface area contributed by atoms with Gasteiger partial charge in [-0.1, -0.05) is 22.8 Å². The van der Waals surface area contributed by atoms with Crippen LogP contribution in [0, 0.1) is 0 Å². The van der Waals surface area contributed by atoms with E-state index in [1.54, 1.807) is 6.07 Å². The Morgan fingerprint density at radius 3 is 2.79 bits per heavy atom. The van der Waals surface area contributed by atoms with Crippen molar-refractivity contribution >= 4 is 33.5 Å². The van der Waals surface area contributed by atoms with Crippen LogP contribution in [0.4, 0.5) is 6.01 Å². The second-order valence-corrected chi connectivity index (χ2v) is 3.78. The fourth-order valence-electron chi connectivity index (χ4n) is 1.01. The zero-order valence-corrected chi connectivity index (χ0v) is 9.21. The number of nitrogen functional groups attached to an aromatic ring is 1. The van der Waals surface area contributed by atoms with Crippen molar-refractivity contribution < 1.29 is 4.42 Å². The van der Waals surface area contributed by atoms with E-state index in [1.165, 1.54) is 0 Å². The molecule has 72 valence electrons. The fourth-order valence-corrected chi connectivity index (χ4v) is 1.59. The molecule has 0 fully saturated rings. The predicted molar refractivity (Wildman–Crippen MR) is 56.9 cm³/mol. The Kier molecular flexibility index (Phi) is 2.43. The normalized spacial score (nSPS) is 10.4. The zero-order chi connectivity index (χ0) is 10.1. The minimum Gasteiger partial charge on any atom is -0.404 e. The highest BCUT2D eigenvalue weighted by atomic mass is 79.9. The highest BCUT2D eigenvalue weighted by Crippen LogP contribution is 2.32. The van der Waals surface area contributed by atoms with Gasteiger partial charge < -0.3 is 10.2 Å². The summed E-state index contributed by atoms with van der Waals surface area (Å²) in [4.78, 5) is 0. The molecule has 0 aliphatic rings. The standard InChI is InChI=1S/C8H5BrClN3O/c9-5-3-1-2-4(6(5)10)7-12-13-8(11)14-7/h1-3H,(H2,11,13). The molecule has 2 aromatic rings. The van der Waals surface area contributed by atoms with Gasteiger partial charge in [-0.3, -0.25) is 0 Å². The maximum atomic E-state index is 6.02. The number of benzene rings is 1. The summed E-state index contributed by atoms with van der Waals surface area (Å²) in [6, 6.07) is 5.45. The second kappa shape index (κ2) is 3.59. The number of halogens is 2. The fraction of sp³-hybridized carbons (Fsp3) is 0. The topological polar surface area (TPSA) is 64.9 Å². The van der Waals surface area contributed by atoms with Gasteiger partial charge in [-0.15, -0.1) is 5.10 Å². The summed E-state index contributed by atoms with van der Waals surface area (Å²) in [5.74, 6) is 0.314. The van der Waals surface area contributed by atoms with Gasteiger partial charge in [-0.05, 0) is 28.1 Å². The number of rotatable bonds is 1. The molecule has 2 N–H and O–H groups in total. The summed E-state index contributed by atoms with van der Waals surface area (Å²) >= 11 is 9.32. The molecule has 14 heavy (non-hydrogen) atoms. The molecule has 0 saturated heterocycles. The molecule has 0 radical (unpaired) electrons. The largest absolute Gasteiger partial charge is 0.404 e. The van der Waals surface area contributed by atoms with Crippen LogP contribution in [0.3, 0.4) is 0 Å². The molecule has 1 aromatic heterocycles. The highest BCUT2D eigenvalue weighted by molar-refractivity contribution is 9.10. The molecule has 0 aliphatic heterocycles. The molecule has 0 unspecified atom stereocenters. The highest BCUT2D eigenvalue weighted by Gasteiger charge is 2.11. The van der Waals surface area contributed by atoms with Crippen LogP contribution >= 0.6 is 27.5 Å². The van der Waals surface area contributed by atoms with E-state index in [0.29, 0.717) is 16.5 Å². The van der Waals surface area contributed by atoms with Gasteiger partial charge >= 0.3 is 6.01 Å². The van der Waals surface area contributed by atoms with Gasteiger partial charge in [-0.25, -0.2) is 0 Å². The van der Waals surface area contributed by atoms with E-state index in [2.05, 4.69) is 26.1 Å². The molecule has 0 saturated carbocycles. The van der Waals surface area contributed by atoms with Gasteiger partial charge in [0.05, 0.1) is 10.6 Å². The first kappa shape index (κ1) is 9.48. The van der Waals surface area contributed by atoms with Gasteiger partial charge in [0.2, 0.25) is 0 Å². The van der Waals surface area contributed by atoms with Crippen LogP contribution in [0.15, 0.2) is 27.1 Å². The van der Waals surface area contributed by atoms with Crippen LogP contribution in [-0.4, -0.2) is 10.2 Å². The third kappa shape index (κ3) is 1.60. The monoisotopic (exact) mass is 273 g/mol. The molecule has 0 spiro atoms. The molecule has 0 aliphatic carbocycles. The van der Waals surface area contributed by atoms with E-state index < -0.39 is 0 Å². The van der Waals surface area contributed by atoms with E-state index >= 15 is 0 Å². The lowest BCUT2D eigenvalue weighted by atomic mass is 10.2. The van der Waals surface area contributed by atoms with E-state index in [9.17, 15) is 0 Å². The lowest BCUT2D eigenvalue weighted by Gasteiger charge is -1.99. The average molecular weight is 275 g/mol. The van der Waals surface area contributed by atoms with Crippen molar-refractivity contribution in [2.24, 2.45) is 0 Å². The van der Waals surface area contributed by atoms with E-state index in [1.807, 2.05) is 12.1 Å². The SMILES string of the molecule is Nc1nnc(-c2cccc(Br)c2Cl)o1. The summed E-state index contributed by atoms with van der Waals surface area (Å²) in [5, 5.41) is 7.82. The molecule has 6 heteroatoms. The van der Waals surface area contributed by atoms with Gasteiger partial charge in [-0.2, -0.15) is 0 Å². The Morgan fingerprint density at radius 1 is 1.36 bits per heavy atom. The summed E-state index contributed by atoms with van der Waals surface area (Å²) in [6.07, 6.45) is 0. The van der Waals surface area contributed by atoms with Gasteiger partial charge in [0, 0.05) is 4.47 Å². The second-order valence-electron chi connectivity index (χ2n) is 2.55. The van der Waals surface area contributed by atoms with Crippen molar-refractivity contribution in [2.75, 3.05) is 5.73 Å². The molecule has 1 heterocycles. The molecule has 1 aromatic carbocycles. The average Bonchev–Trinajstić information content (AvgIpc) is 2.57. The summed E-state index contributed by atoms with van der Waals surface area (Å²) in [7, 11) is 0. The summed E-state index contributed by atoms with van der Waals surface area (Å²) in [5.41, 5.74) is 5.97. The third-order valence-corrected chi connectivity index (χ3v) is 2.92. The summed E-state index contributed by atoms with van der Waals surface area (Å²) in [6.45, 7) is 0. The van der Waals surface area contributed by atoms with Crippen LogP contribution in [0.25, 0.3) is 11.5 Å². The van der Waals surface area contributed by atoms with Gasteiger partial charge in [0.1, 0.15) is 0 Å². The number of hydrogen-bond acceptors (Lipinski definition) is 4. The molecular formula is C8H5BrClN3O. The van der Waals surface area contributed by atoms with E-state index in [0.717, 1.165) is 4.47 Å². The number of nitrogens with zero attached hydrogens (tertiary/aromatic N) is 2. The van der Waals surface area contributed by atoms with Crippen LogP contribution in [0.2, 0.25) is 5.02 Å². The van der Waals surface area contributed by atoms with Gasteiger partial charge in [0.15, 0.2) is 0 Å². The van der Waals surface area contributed by atoms with Gasteiger partial charge in [0.25, 0.3) is 5.89 Å². The minimum atomic E-state index is 0.0241. The number of nitrogens with two attached hydrogens (primary N) is 1. The molecular weight excluding hydrogens is 269 g/mol. The maximum absolute atomic E-state index is 6.02. The first-order valence-electron chi connectivity index (χ1n) is 3.72. The van der Waals surface area contributed by atoms with Crippen molar-refractivity contribution in [2.45, 2.75) is 0 Å². The predicted octanol–water partition coefficient (Wildman–Crippen LogP) is 2.73. The Balaban J connectivity index is 2.57. The molecule has 0 bridgehead atoms. The van der Waals surface area contributed by atoms with E-state index in [4.69, 9.17) is 21.8 Å². The van der Waals surface area contributed by atoms with Crippen molar-refractivity contribution in [3.05, 3.63) is 27.7 Å². The van der Waals surface area contributed by atoms with E-state index in [-0.39, 0.29) is 6.01 Å². The van der Waals surface area contributed by atoms with Crippen molar-refractivity contribution in [1.82, 2.24) is 10.2 Å². The maximum Gasteiger partial charge on any atom is 0.313 e. The van der Waals surface area contributed by atoms with Crippen molar-refractivity contribution in [1.29, 1.82) is 0 Å². The van der Waals surface area contributed by atoms with Crippen molar-refractivity contribution in [3.8, 4) is 11.5 Å². The minimum absolute atomic E-state index is 0.0241. The van der Waals surface area contributed by atoms with Crippen LogP contribution < -0.4 is 5.73 Å². The number of aromatic nitrogens is 2. The Labute approximate surface area is 93.2 Å². The summed E-state index contributed by atoms with van der Waals surface area (Å²) < 4.78 is 5.83. The van der Waals surface area contributed by atoms with Crippen LogP contribution in [0.1, 0.15) is 0 Å². The molecule has 2 rings (SSSR count). The van der Waals surface area contributed by atoms with Crippen LogP contribution in [-0.2, 0) is 0 Å². The smallest absolute Gasteiger partial charge is 0.313 e. The first-order valence-corrected chi connectivity index (χ1v) is 4.89. The molecule has 0 atom stereocenters. The third-order valence-electron chi connectivity index (χ3n) is 1.62. The number of hydrogen-bond donors (Lipinski definition) is 1. The Morgan fingerprint density at radius 2 is 2.14 bits per heavy atom. The quantitative estimate of drug-likeness (QED) is 0.868. The lowest BCUT2D eigenvalue weighted by Crippen LogP contribution is -1.81. The molecule has 4 nitrogen and oxygen atoms in total. The first-order chi connectivity index (χ1) is 6.68.